The maximum Gasteiger partial charge on any atom is 0.297 e. The summed E-state index contributed by atoms with van der Waals surface area (Å²) in [5.74, 6) is 0. The summed E-state index contributed by atoms with van der Waals surface area (Å²) in [7, 11) is -6.40. The van der Waals surface area contributed by atoms with E-state index in [0.717, 1.165) is 5.56 Å². The summed E-state index contributed by atoms with van der Waals surface area (Å²) < 4.78 is 55.3. The van der Waals surface area contributed by atoms with E-state index < -0.39 is 31.5 Å². The van der Waals surface area contributed by atoms with Crippen LogP contribution in [0.2, 0.25) is 0 Å². The molecule has 0 radical (unpaired) electrons. The molecule has 1 unspecified atom stereocenters. The summed E-state index contributed by atoms with van der Waals surface area (Å²) >= 11 is 0. The van der Waals surface area contributed by atoms with Gasteiger partial charge in [0.2, 0.25) is 10.0 Å². The quantitative estimate of drug-likeness (QED) is 0.760. The fraction of sp³-hybridized carbons (Fsp3) is 0.294. The van der Waals surface area contributed by atoms with E-state index >= 15 is 0 Å². The van der Waals surface area contributed by atoms with E-state index in [1.54, 1.807) is 36.4 Å². The number of fused-ring (bicyclic) bond motifs is 1. The van der Waals surface area contributed by atoms with Gasteiger partial charge in [-0.2, -0.15) is 8.42 Å². The Bertz CT molecular complexity index is 1010. The number of aryl methyl sites for hydroxylation is 1. The minimum absolute atomic E-state index is 0.00117. The van der Waals surface area contributed by atoms with Gasteiger partial charge in [0, 0.05) is 12.6 Å². The van der Waals surface area contributed by atoms with Crippen LogP contribution in [0.5, 0.6) is 0 Å². The van der Waals surface area contributed by atoms with Crippen LogP contribution in [0.4, 0.5) is 5.69 Å². The van der Waals surface area contributed by atoms with Crippen molar-refractivity contribution in [1.29, 1.82) is 0 Å². The molecule has 0 aromatic heterocycles. The standard InChI is InChI=1S/C17H19NO5S2/c1-13-8-10-14(11-9-13)24(19,20)23-12-17(2)15-6-4-5-7-16(15)18(3)25(17,21)22/h4-11H,12H2,1-3H3. The first-order valence-electron chi connectivity index (χ1n) is 7.64. The van der Waals surface area contributed by atoms with Gasteiger partial charge in [0.25, 0.3) is 10.1 Å². The van der Waals surface area contributed by atoms with Gasteiger partial charge in [0.1, 0.15) is 4.75 Å². The SMILES string of the molecule is Cc1ccc(S(=O)(=O)OCC2(C)c3ccccc3N(C)S2(=O)=O)cc1. The summed E-state index contributed by atoms with van der Waals surface area (Å²) in [6, 6.07) is 13.0. The maximum atomic E-state index is 12.8. The zero-order chi connectivity index (χ0) is 18.5. The second-order valence-corrected chi connectivity index (χ2v) is 10.3. The highest BCUT2D eigenvalue weighted by atomic mass is 32.2. The molecule has 3 rings (SSSR count). The van der Waals surface area contributed by atoms with E-state index in [9.17, 15) is 16.8 Å². The molecule has 0 saturated heterocycles. The largest absolute Gasteiger partial charge is 0.297 e. The smallest absolute Gasteiger partial charge is 0.272 e. The van der Waals surface area contributed by atoms with Gasteiger partial charge in [-0.05, 0) is 32.0 Å². The predicted octanol–water partition coefficient (Wildman–Crippen LogP) is 2.40. The first kappa shape index (κ1) is 17.9. The Hall–Kier alpha value is -1.90. The van der Waals surface area contributed by atoms with Crippen LogP contribution in [0, 0.1) is 6.92 Å². The molecule has 1 heterocycles. The van der Waals surface area contributed by atoms with Gasteiger partial charge in [0.15, 0.2) is 0 Å². The van der Waals surface area contributed by atoms with E-state index in [2.05, 4.69) is 0 Å². The number of para-hydroxylation sites is 1. The number of hydrogen-bond donors (Lipinski definition) is 0. The molecule has 0 spiro atoms. The summed E-state index contributed by atoms with van der Waals surface area (Å²) in [6.07, 6.45) is 0. The highest BCUT2D eigenvalue weighted by Gasteiger charge is 2.52. The predicted molar refractivity (Wildman–Crippen MR) is 95.4 cm³/mol. The number of hydrogen-bond acceptors (Lipinski definition) is 5. The Morgan fingerprint density at radius 3 is 2.32 bits per heavy atom. The average molecular weight is 381 g/mol. The summed E-state index contributed by atoms with van der Waals surface area (Å²) in [5, 5.41) is 0. The lowest BCUT2D eigenvalue weighted by atomic mass is 9.99. The Balaban J connectivity index is 1.96. The lowest BCUT2D eigenvalue weighted by Gasteiger charge is -2.24. The monoisotopic (exact) mass is 381 g/mol. The summed E-state index contributed by atoms with van der Waals surface area (Å²) in [4.78, 5) is -0.00117. The van der Waals surface area contributed by atoms with E-state index in [1.165, 1.54) is 30.4 Å². The third kappa shape index (κ3) is 2.74. The highest BCUT2D eigenvalue weighted by Crippen LogP contribution is 2.46. The van der Waals surface area contributed by atoms with Crippen LogP contribution in [0.25, 0.3) is 0 Å². The third-order valence-corrected chi connectivity index (χ3v) is 8.21. The number of sulfonamides is 1. The number of anilines is 1. The van der Waals surface area contributed by atoms with Crippen LogP contribution in [0.1, 0.15) is 18.1 Å². The van der Waals surface area contributed by atoms with E-state index in [1.807, 2.05) is 6.92 Å². The number of nitrogens with zero attached hydrogens (tertiary/aromatic N) is 1. The van der Waals surface area contributed by atoms with Gasteiger partial charge in [-0.3, -0.25) is 8.49 Å². The second-order valence-electron chi connectivity index (χ2n) is 6.25. The normalized spacial score (nSPS) is 22.0. The molecule has 0 saturated carbocycles. The third-order valence-electron chi connectivity index (χ3n) is 4.54. The molecule has 1 aliphatic rings. The van der Waals surface area contributed by atoms with Gasteiger partial charge in [0.05, 0.1) is 17.2 Å². The molecular formula is C17H19NO5S2. The molecule has 2 aromatic rings. The zero-order valence-electron chi connectivity index (χ0n) is 14.1. The topological polar surface area (TPSA) is 80.8 Å². The molecule has 8 heteroatoms. The van der Waals surface area contributed by atoms with Crippen molar-refractivity contribution in [3.05, 3.63) is 59.7 Å². The lowest BCUT2D eigenvalue weighted by Crippen LogP contribution is -2.40. The fourth-order valence-corrected chi connectivity index (χ4v) is 5.63. The minimum Gasteiger partial charge on any atom is -0.272 e. The Morgan fingerprint density at radius 1 is 1.08 bits per heavy atom. The minimum atomic E-state index is -4.06. The van der Waals surface area contributed by atoms with E-state index in [0.29, 0.717) is 11.3 Å². The Kier molecular flexibility index (Phi) is 4.17. The first-order valence-corrected chi connectivity index (χ1v) is 10.5. The molecule has 0 aliphatic carbocycles. The van der Waals surface area contributed by atoms with Crippen LogP contribution in [0.3, 0.4) is 0 Å². The zero-order valence-corrected chi connectivity index (χ0v) is 15.8. The maximum absolute atomic E-state index is 12.8. The van der Waals surface area contributed by atoms with Crippen molar-refractivity contribution in [3.8, 4) is 0 Å². The average Bonchev–Trinajstić information content (AvgIpc) is 2.73. The summed E-state index contributed by atoms with van der Waals surface area (Å²) in [5.41, 5.74) is 1.97. The van der Waals surface area contributed by atoms with Gasteiger partial charge in [-0.25, -0.2) is 8.42 Å². The molecule has 2 aromatic carbocycles. The van der Waals surface area contributed by atoms with Gasteiger partial charge in [-0.15, -0.1) is 0 Å². The fourth-order valence-electron chi connectivity index (χ4n) is 2.88. The van der Waals surface area contributed by atoms with Crippen LogP contribution < -0.4 is 4.31 Å². The van der Waals surface area contributed by atoms with Crippen LogP contribution in [-0.4, -0.2) is 30.5 Å². The highest BCUT2D eigenvalue weighted by molar-refractivity contribution is 7.94. The number of rotatable bonds is 4. The molecule has 134 valence electrons. The molecule has 25 heavy (non-hydrogen) atoms. The Labute approximate surface area is 148 Å². The van der Waals surface area contributed by atoms with Crippen LogP contribution in [0.15, 0.2) is 53.4 Å². The summed E-state index contributed by atoms with van der Waals surface area (Å²) in [6.45, 7) is 2.83. The van der Waals surface area contributed by atoms with Crippen molar-refractivity contribution < 1.29 is 21.0 Å². The van der Waals surface area contributed by atoms with Crippen LogP contribution in [-0.2, 0) is 29.1 Å². The molecule has 1 atom stereocenters. The van der Waals surface area contributed by atoms with E-state index in [-0.39, 0.29) is 4.90 Å². The molecule has 6 nitrogen and oxygen atoms in total. The van der Waals surface area contributed by atoms with Crippen molar-refractivity contribution in [2.45, 2.75) is 23.5 Å². The van der Waals surface area contributed by atoms with Crippen molar-refractivity contribution in [2.75, 3.05) is 18.0 Å². The van der Waals surface area contributed by atoms with Crippen molar-refractivity contribution in [3.63, 3.8) is 0 Å². The van der Waals surface area contributed by atoms with E-state index in [4.69, 9.17) is 4.18 Å². The van der Waals surface area contributed by atoms with Crippen molar-refractivity contribution in [2.24, 2.45) is 0 Å². The molecule has 0 bridgehead atoms. The number of benzene rings is 2. The molecular weight excluding hydrogens is 362 g/mol. The van der Waals surface area contributed by atoms with Gasteiger partial charge in [-0.1, -0.05) is 35.9 Å². The van der Waals surface area contributed by atoms with Gasteiger partial charge >= 0.3 is 0 Å². The molecule has 0 amide bonds. The first-order chi connectivity index (χ1) is 11.6. The molecule has 0 N–H and O–H groups in total. The molecule has 0 fully saturated rings. The van der Waals surface area contributed by atoms with Crippen molar-refractivity contribution >= 4 is 25.8 Å². The molecule has 1 aliphatic heterocycles. The van der Waals surface area contributed by atoms with Crippen LogP contribution >= 0.6 is 0 Å². The second kappa shape index (κ2) is 5.82. The van der Waals surface area contributed by atoms with Crippen molar-refractivity contribution in [1.82, 2.24) is 0 Å². The Morgan fingerprint density at radius 2 is 1.68 bits per heavy atom. The lowest BCUT2D eigenvalue weighted by molar-refractivity contribution is 0.279. The van der Waals surface area contributed by atoms with Gasteiger partial charge < -0.3 is 0 Å².